The summed E-state index contributed by atoms with van der Waals surface area (Å²) in [5.74, 6) is -14.2. The van der Waals surface area contributed by atoms with Gasteiger partial charge in [-0.15, -0.1) is 0 Å². The Balaban J connectivity index is 1.96. The molecule has 53 heavy (non-hydrogen) atoms. The zero-order valence-electron chi connectivity index (χ0n) is 28.8. The van der Waals surface area contributed by atoms with Crippen molar-refractivity contribution in [2.75, 3.05) is 33.9 Å². The molecule has 1 saturated heterocycles. The lowest BCUT2D eigenvalue weighted by Crippen LogP contribution is -2.60. The Bertz CT molecular complexity index is 1780. The van der Waals surface area contributed by atoms with E-state index in [2.05, 4.69) is 5.32 Å². The van der Waals surface area contributed by atoms with E-state index in [1.54, 1.807) is 0 Å². The molecule has 0 unspecified atom stereocenters. The lowest BCUT2D eigenvalue weighted by atomic mass is 9.94. The number of Topliss-reactive ketones (excluding diaryl/α,β-unsaturated/α-hetero) is 1. The molecular formula is C33H38ClF5N4O9S. The van der Waals surface area contributed by atoms with Crippen molar-refractivity contribution in [3.05, 3.63) is 64.7 Å². The second kappa shape index (κ2) is 17.6. The summed E-state index contributed by atoms with van der Waals surface area (Å²) in [5, 5.41) is 4.22. The number of sulfone groups is 1. The molecule has 3 N–H and O–H groups in total. The Kier molecular flexibility index (Phi) is 14.3. The molecule has 3 rings (SSSR count). The number of carbonyl (C=O) groups is 5. The fourth-order valence-corrected chi connectivity index (χ4v) is 7.36. The molecule has 1 aliphatic rings. The van der Waals surface area contributed by atoms with Crippen LogP contribution in [0.5, 0.6) is 5.75 Å². The fraction of sp³-hybridized carbons (Fsp3) is 0.485. The van der Waals surface area contributed by atoms with Crippen molar-refractivity contribution in [1.29, 1.82) is 0 Å². The summed E-state index contributed by atoms with van der Waals surface area (Å²) < 4.78 is 105. The van der Waals surface area contributed by atoms with E-state index < -0.39 is 113 Å². The second-order valence-corrected chi connectivity index (χ2v) is 15.2. The van der Waals surface area contributed by atoms with Gasteiger partial charge >= 0.3 is 12.1 Å². The number of nitrogens with one attached hydrogen (secondary N) is 3. The molecule has 20 heteroatoms. The first-order chi connectivity index (χ1) is 24.6. The number of hydrogen-bond donors (Lipinski definition) is 3. The van der Waals surface area contributed by atoms with Gasteiger partial charge in [0.2, 0.25) is 17.6 Å². The SMILES string of the molecule is COC[C@H](NC(=O)c1cccc(Cl)c1)C(=O)N1C[C@H](S(=O)(=O)Cc2ccc(OC)cc2)C[C@H]1C(=O)N[C@H](C(=O)C(F)(F)C(=O)NCC(F)(F)F)C(C)C. The average molecular weight is 797 g/mol. The van der Waals surface area contributed by atoms with Crippen molar-refractivity contribution in [2.45, 2.75) is 61.5 Å². The van der Waals surface area contributed by atoms with Crippen molar-refractivity contribution >= 4 is 50.9 Å². The van der Waals surface area contributed by atoms with E-state index in [1.165, 1.54) is 76.6 Å². The van der Waals surface area contributed by atoms with Crippen molar-refractivity contribution in [2.24, 2.45) is 5.92 Å². The molecule has 292 valence electrons. The van der Waals surface area contributed by atoms with Gasteiger partial charge in [-0.3, -0.25) is 24.0 Å². The van der Waals surface area contributed by atoms with Gasteiger partial charge in [0.15, 0.2) is 9.84 Å². The van der Waals surface area contributed by atoms with E-state index in [1.807, 2.05) is 5.32 Å². The van der Waals surface area contributed by atoms with Crippen LogP contribution in [0.15, 0.2) is 48.5 Å². The number of hydrogen-bond acceptors (Lipinski definition) is 9. The molecule has 2 aromatic rings. The third-order valence-corrected chi connectivity index (χ3v) is 10.5. The first-order valence-electron chi connectivity index (χ1n) is 15.9. The predicted molar refractivity (Wildman–Crippen MR) is 180 cm³/mol. The van der Waals surface area contributed by atoms with Gasteiger partial charge in [0.05, 0.1) is 30.8 Å². The number of ether oxygens (including phenoxy) is 2. The Morgan fingerprint density at radius 3 is 2.17 bits per heavy atom. The third kappa shape index (κ3) is 11.3. The number of nitrogens with zero attached hydrogens (tertiary/aromatic N) is 1. The summed E-state index contributed by atoms with van der Waals surface area (Å²) in [5.41, 5.74) is 0.375. The molecule has 0 aromatic heterocycles. The first-order valence-corrected chi connectivity index (χ1v) is 18.0. The topological polar surface area (TPSA) is 177 Å². The standard InChI is InChI=1S/C33H38ClF5N4O9S/c1-18(2)26(27(44)33(38,39)31(48)40-17-32(35,36)37)42-29(46)25-13-23(53(49,50)16-19-8-10-22(52-4)11-9-19)14-43(25)30(47)24(15-51-3)41-28(45)20-6-5-7-21(34)12-20/h5-12,18,23-26H,13-17H2,1-4H3,(H,40,48)(H,41,45)(H,42,46)/t23-,24+,25+,26+/m1/s1. The van der Waals surface area contributed by atoms with Gasteiger partial charge in [-0.1, -0.05) is 43.6 Å². The number of rotatable bonds is 16. The molecule has 13 nitrogen and oxygen atoms in total. The largest absolute Gasteiger partial charge is 0.497 e. The number of alkyl halides is 5. The van der Waals surface area contributed by atoms with Crippen LogP contribution in [0.25, 0.3) is 0 Å². The minimum absolute atomic E-state index is 0.0422. The summed E-state index contributed by atoms with van der Waals surface area (Å²) in [6, 6.07) is 6.25. The predicted octanol–water partition coefficient (Wildman–Crippen LogP) is 2.70. The minimum atomic E-state index is -5.07. The van der Waals surface area contributed by atoms with E-state index >= 15 is 0 Å². The molecule has 2 aromatic carbocycles. The van der Waals surface area contributed by atoms with E-state index in [0.29, 0.717) is 11.3 Å². The molecular weight excluding hydrogens is 759 g/mol. The van der Waals surface area contributed by atoms with Gasteiger partial charge in [0, 0.05) is 24.2 Å². The zero-order valence-corrected chi connectivity index (χ0v) is 30.4. The minimum Gasteiger partial charge on any atom is -0.497 e. The number of carbonyl (C=O) groups excluding carboxylic acids is 5. The van der Waals surface area contributed by atoms with Crippen LogP contribution < -0.4 is 20.7 Å². The molecule has 4 atom stereocenters. The summed E-state index contributed by atoms with van der Waals surface area (Å²) in [7, 11) is -1.55. The Morgan fingerprint density at radius 1 is 0.981 bits per heavy atom. The maximum absolute atomic E-state index is 14.9. The smallest absolute Gasteiger partial charge is 0.405 e. The maximum Gasteiger partial charge on any atom is 0.405 e. The van der Waals surface area contributed by atoms with E-state index in [0.717, 1.165) is 10.2 Å². The highest BCUT2D eigenvalue weighted by Gasteiger charge is 2.53. The van der Waals surface area contributed by atoms with Gasteiger partial charge in [0.1, 0.15) is 24.4 Å². The molecule has 0 radical (unpaired) electrons. The van der Waals surface area contributed by atoms with Crippen LogP contribution in [0.4, 0.5) is 22.0 Å². The van der Waals surface area contributed by atoms with Gasteiger partial charge in [-0.25, -0.2) is 8.42 Å². The van der Waals surface area contributed by atoms with Gasteiger partial charge in [0.25, 0.3) is 11.8 Å². The molecule has 0 saturated carbocycles. The quantitative estimate of drug-likeness (QED) is 0.170. The Morgan fingerprint density at radius 2 is 1.62 bits per heavy atom. The van der Waals surface area contributed by atoms with E-state index in [-0.39, 0.29) is 10.6 Å². The highest BCUT2D eigenvalue weighted by atomic mass is 35.5. The third-order valence-electron chi connectivity index (χ3n) is 8.20. The van der Waals surface area contributed by atoms with Crippen LogP contribution in [0.1, 0.15) is 36.2 Å². The van der Waals surface area contributed by atoms with Crippen molar-refractivity contribution < 1.29 is 63.8 Å². The summed E-state index contributed by atoms with van der Waals surface area (Å²) in [6.45, 7) is -0.835. The molecule has 1 fully saturated rings. The zero-order chi connectivity index (χ0) is 39.9. The number of amides is 4. The van der Waals surface area contributed by atoms with E-state index in [9.17, 15) is 54.3 Å². The maximum atomic E-state index is 14.9. The van der Waals surface area contributed by atoms with Gasteiger partial charge in [-0.2, -0.15) is 22.0 Å². The lowest BCUT2D eigenvalue weighted by Gasteiger charge is -2.31. The molecule has 0 bridgehead atoms. The van der Waals surface area contributed by atoms with Crippen LogP contribution in [-0.4, -0.2) is 112 Å². The van der Waals surface area contributed by atoms with Crippen LogP contribution in [0.3, 0.4) is 0 Å². The fourth-order valence-electron chi connectivity index (χ4n) is 5.42. The van der Waals surface area contributed by atoms with Crippen LogP contribution in [-0.2, 0) is 39.5 Å². The Hall–Kier alpha value is -4.36. The second-order valence-electron chi connectivity index (χ2n) is 12.5. The summed E-state index contributed by atoms with van der Waals surface area (Å²) >= 11 is 5.98. The first kappa shape index (κ1) is 43.0. The molecule has 1 aliphatic heterocycles. The average Bonchev–Trinajstić information content (AvgIpc) is 3.55. The van der Waals surface area contributed by atoms with Gasteiger partial charge in [-0.05, 0) is 48.2 Å². The monoisotopic (exact) mass is 796 g/mol. The number of benzene rings is 2. The van der Waals surface area contributed by atoms with E-state index in [4.69, 9.17) is 21.1 Å². The number of ketones is 1. The van der Waals surface area contributed by atoms with Crippen molar-refractivity contribution in [1.82, 2.24) is 20.9 Å². The van der Waals surface area contributed by atoms with Crippen LogP contribution in [0.2, 0.25) is 5.02 Å². The number of methoxy groups -OCH3 is 2. The summed E-state index contributed by atoms with van der Waals surface area (Å²) in [4.78, 5) is 66.6. The molecule has 0 aliphatic carbocycles. The molecule has 4 amide bonds. The van der Waals surface area contributed by atoms with Crippen LogP contribution >= 0.6 is 11.6 Å². The van der Waals surface area contributed by atoms with Gasteiger partial charge < -0.3 is 30.3 Å². The lowest BCUT2D eigenvalue weighted by molar-refractivity contribution is -0.165. The highest BCUT2D eigenvalue weighted by molar-refractivity contribution is 7.91. The molecule has 0 spiro atoms. The Labute approximate surface area is 306 Å². The molecule has 1 heterocycles. The van der Waals surface area contributed by atoms with Crippen LogP contribution in [0, 0.1) is 5.92 Å². The normalized spacial score (nSPS) is 17.5. The highest BCUT2D eigenvalue weighted by Crippen LogP contribution is 2.29. The van der Waals surface area contributed by atoms with Crippen molar-refractivity contribution in [3.8, 4) is 5.75 Å². The summed E-state index contributed by atoms with van der Waals surface area (Å²) in [6.07, 6.45) is -5.66. The number of likely N-dealkylation sites (tertiary alicyclic amines) is 1. The van der Waals surface area contributed by atoms with Crippen molar-refractivity contribution in [3.63, 3.8) is 0 Å². The number of halogens is 6.